The Bertz CT molecular complexity index is 1210. The molecule has 36 heavy (non-hydrogen) atoms. The number of piperidine rings is 1. The van der Waals surface area contributed by atoms with Crippen LogP contribution >= 0.6 is 0 Å². The summed E-state index contributed by atoms with van der Waals surface area (Å²) in [6.07, 6.45) is 2.81. The van der Waals surface area contributed by atoms with E-state index in [0.29, 0.717) is 17.8 Å². The third kappa shape index (κ3) is 4.44. The van der Waals surface area contributed by atoms with Gasteiger partial charge in [-0.3, -0.25) is 4.98 Å². The van der Waals surface area contributed by atoms with Gasteiger partial charge in [-0.1, -0.05) is 0 Å². The monoisotopic (exact) mass is 496 g/mol. The number of nitrogens with zero attached hydrogens (tertiary/aromatic N) is 6. The van der Waals surface area contributed by atoms with E-state index < -0.39 is 11.7 Å². The molecule has 1 saturated heterocycles. The second-order valence-corrected chi connectivity index (χ2v) is 10.5. The number of aromatic nitrogens is 4. The molecule has 4 heterocycles. The van der Waals surface area contributed by atoms with E-state index in [4.69, 9.17) is 10.1 Å². The summed E-state index contributed by atoms with van der Waals surface area (Å²) >= 11 is 0. The van der Waals surface area contributed by atoms with Gasteiger partial charge in [0.05, 0.1) is 5.56 Å². The molecular formula is C27H31F3N6. The van der Waals surface area contributed by atoms with Gasteiger partial charge in [0, 0.05) is 55.9 Å². The van der Waals surface area contributed by atoms with Gasteiger partial charge in [0.1, 0.15) is 0 Å². The fraction of sp³-hybridized carbons (Fsp3) is 0.519. The van der Waals surface area contributed by atoms with Gasteiger partial charge >= 0.3 is 6.18 Å². The summed E-state index contributed by atoms with van der Waals surface area (Å²) in [5.41, 5.74) is 2.40. The average Bonchev–Trinajstić information content (AvgIpc) is 3.25. The molecule has 1 unspecified atom stereocenters. The standard InChI is InChI=1S/C27H31F3N6/c1-18-14-23(10-11-31-18)34-16-19-4-5-20(17-34)24(19)15-25-32-26-35(12-2-3-13-36(26)33-25)22-8-6-21(7-9-22)27(28,29)30/h6-11,14,19-20,24H,2-5,12-13,15-17H2,1H3/t19-,20+,24?. The lowest BCUT2D eigenvalue weighted by Crippen LogP contribution is -2.42. The number of alkyl halides is 3. The highest BCUT2D eigenvalue weighted by Gasteiger charge is 2.42. The van der Waals surface area contributed by atoms with Gasteiger partial charge in [0.25, 0.3) is 0 Å². The SMILES string of the molecule is Cc1cc(N2C[C@H]3CC[C@@H](C2)C3Cc2nc3n(n2)CCCCN3c2ccc(C(F)(F)F)cc2)ccn1. The lowest BCUT2D eigenvalue weighted by atomic mass is 9.82. The minimum atomic E-state index is -4.34. The quantitative estimate of drug-likeness (QED) is 0.468. The summed E-state index contributed by atoms with van der Waals surface area (Å²) in [4.78, 5) is 13.8. The number of fused-ring (bicyclic) bond motifs is 3. The van der Waals surface area contributed by atoms with Crippen LogP contribution in [0.5, 0.6) is 0 Å². The third-order valence-corrected chi connectivity index (χ3v) is 8.14. The molecule has 9 heteroatoms. The zero-order valence-corrected chi connectivity index (χ0v) is 20.5. The van der Waals surface area contributed by atoms with E-state index >= 15 is 0 Å². The van der Waals surface area contributed by atoms with Gasteiger partial charge in [0.15, 0.2) is 5.82 Å². The third-order valence-electron chi connectivity index (χ3n) is 8.14. The van der Waals surface area contributed by atoms with Crippen LogP contribution in [0.15, 0.2) is 42.6 Å². The molecule has 1 aromatic carbocycles. The predicted octanol–water partition coefficient (Wildman–Crippen LogP) is 5.64. The molecule has 0 spiro atoms. The molecule has 0 amide bonds. The number of benzene rings is 1. The molecule has 2 aliphatic heterocycles. The minimum Gasteiger partial charge on any atom is -0.371 e. The van der Waals surface area contributed by atoms with Crippen molar-refractivity contribution in [2.24, 2.45) is 17.8 Å². The van der Waals surface area contributed by atoms with Gasteiger partial charge in [-0.25, -0.2) is 4.68 Å². The number of hydrogen-bond acceptors (Lipinski definition) is 5. The molecular weight excluding hydrogens is 465 g/mol. The van der Waals surface area contributed by atoms with Crippen LogP contribution in [-0.4, -0.2) is 39.4 Å². The van der Waals surface area contributed by atoms with Crippen molar-refractivity contribution in [3.8, 4) is 0 Å². The van der Waals surface area contributed by atoms with Crippen LogP contribution in [0.2, 0.25) is 0 Å². The summed E-state index contributed by atoms with van der Waals surface area (Å²) in [5, 5.41) is 4.88. The summed E-state index contributed by atoms with van der Waals surface area (Å²) in [5.74, 6) is 3.41. The minimum absolute atomic E-state index is 0.565. The number of aryl methyl sites for hydroxylation is 2. The van der Waals surface area contributed by atoms with Crippen LogP contribution in [0.25, 0.3) is 0 Å². The Hall–Kier alpha value is -3.10. The van der Waals surface area contributed by atoms with E-state index in [1.54, 1.807) is 12.1 Å². The van der Waals surface area contributed by atoms with Crippen LogP contribution in [0.4, 0.5) is 30.5 Å². The van der Waals surface area contributed by atoms with Crippen molar-refractivity contribution in [3.05, 3.63) is 59.7 Å². The Kier molecular flexibility index (Phi) is 5.88. The molecule has 6 nitrogen and oxygen atoms in total. The van der Waals surface area contributed by atoms with Crippen LogP contribution in [0.3, 0.4) is 0 Å². The highest BCUT2D eigenvalue weighted by Crippen LogP contribution is 2.44. The Labute approximate surface area is 209 Å². The van der Waals surface area contributed by atoms with Crippen molar-refractivity contribution < 1.29 is 13.2 Å². The Morgan fingerprint density at radius 1 is 0.944 bits per heavy atom. The first-order valence-corrected chi connectivity index (χ1v) is 12.9. The largest absolute Gasteiger partial charge is 0.416 e. The van der Waals surface area contributed by atoms with Gasteiger partial charge in [-0.05, 0) is 86.8 Å². The highest BCUT2D eigenvalue weighted by atomic mass is 19.4. The second-order valence-electron chi connectivity index (χ2n) is 10.5. The smallest absolute Gasteiger partial charge is 0.371 e. The van der Waals surface area contributed by atoms with E-state index in [0.717, 1.165) is 80.7 Å². The maximum atomic E-state index is 13.1. The van der Waals surface area contributed by atoms with E-state index in [-0.39, 0.29) is 0 Å². The molecule has 2 fully saturated rings. The van der Waals surface area contributed by atoms with Gasteiger partial charge < -0.3 is 9.80 Å². The molecule has 0 N–H and O–H groups in total. The van der Waals surface area contributed by atoms with E-state index in [1.807, 2.05) is 22.7 Å². The predicted molar refractivity (Wildman–Crippen MR) is 132 cm³/mol. The fourth-order valence-corrected chi connectivity index (χ4v) is 6.34. The maximum Gasteiger partial charge on any atom is 0.416 e. The first-order valence-electron chi connectivity index (χ1n) is 12.9. The van der Waals surface area contributed by atoms with Crippen molar-refractivity contribution in [2.75, 3.05) is 29.4 Å². The van der Waals surface area contributed by atoms with Gasteiger partial charge in [-0.2, -0.15) is 23.3 Å². The second kappa shape index (κ2) is 9.09. The number of halogens is 3. The molecule has 1 aliphatic carbocycles. The summed E-state index contributed by atoms with van der Waals surface area (Å²) in [6, 6.07) is 9.67. The lowest BCUT2D eigenvalue weighted by Gasteiger charge is -2.39. The topological polar surface area (TPSA) is 50.1 Å². The number of anilines is 3. The molecule has 3 atom stereocenters. The maximum absolute atomic E-state index is 13.1. The normalized spacial score (nSPS) is 24.1. The van der Waals surface area contributed by atoms with E-state index in [9.17, 15) is 13.2 Å². The fourth-order valence-electron chi connectivity index (χ4n) is 6.34. The number of rotatable bonds is 4. The van der Waals surface area contributed by atoms with Crippen molar-refractivity contribution in [3.63, 3.8) is 0 Å². The summed E-state index contributed by atoms with van der Waals surface area (Å²) < 4.78 is 41.1. The molecule has 0 radical (unpaired) electrons. The first-order chi connectivity index (χ1) is 17.3. The zero-order valence-electron chi connectivity index (χ0n) is 20.5. The Morgan fingerprint density at radius 2 is 1.67 bits per heavy atom. The van der Waals surface area contributed by atoms with Crippen LogP contribution in [0, 0.1) is 24.7 Å². The molecule has 190 valence electrons. The Balaban J connectivity index is 1.20. The van der Waals surface area contributed by atoms with Crippen molar-refractivity contribution >= 4 is 17.3 Å². The number of hydrogen-bond donors (Lipinski definition) is 0. The number of pyridine rings is 1. The molecule has 6 rings (SSSR count). The van der Waals surface area contributed by atoms with E-state index in [1.165, 1.54) is 18.5 Å². The highest BCUT2D eigenvalue weighted by molar-refractivity contribution is 5.58. The molecule has 3 aliphatic rings. The molecule has 3 aromatic rings. The molecule has 1 saturated carbocycles. The van der Waals surface area contributed by atoms with E-state index in [2.05, 4.69) is 22.0 Å². The van der Waals surface area contributed by atoms with Crippen LogP contribution < -0.4 is 9.80 Å². The molecule has 2 bridgehead atoms. The van der Waals surface area contributed by atoms with Crippen molar-refractivity contribution in [2.45, 2.75) is 51.7 Å². The van der Waals surface area contributed by atoms with Crippen LogP contribution in [-0.2, 0) is 19.1 Å². The summed E-state index contributed by atoms with van der Waals surface area (Å²) in [6.45, 7) is 5.64. The first kappa shape index (κ1) is 23.3. The van der Waals surface area contributed by atoms with Crippen molar-refractivity contribution in [1.82, 2.24) is 19.7 Å². The van der Waals surface area contributed by atoms with Crippen LogP contribution in [0.1, 0.15) is 42.8 Å². The Morgan fingerprint density at radius 3 is 2.36 bits per heavy atom. The van der Waals surface area contributed by atoms with Gasteiger partial charge in [-0.15, -0.1) is 0 Å². The molecule has 2 aromatic heterocycles. The van der Waals surface area contributed by atoms with Crippen molar-refractivity contribution in [1.29, 1.82) is 0 Å². The average molecular weight is 497 g/mol. The zero-order chi connectivity index (χ0) is 24.9. The van der Waals surface area contributed by atoms with Gasteiger partial charge in [0.2, 0.25) is 5.95 Å². The lowest BCUT2D eigenvalue weighted by molar-refractivity contribution is -0.137. The summed E-state index contributed by atoms with van der Waals surface area (Å²) in [7, 11) is 0.